The highest BCUT2D eigenvalue weighted by atomic mass is 32.1. The molecule has 7 heteroatoms. The number of fused-ring (bicyclic) bond motifs is 4. The number of aromatic nitrogens is 2. The fourth-order valence-electron chi connectivity index (χ4n) is 5.31. The molecule has 0 spiro atoms. The number of amides is 1. The molecule has 3 aliphatic rings. The minimum Gasteiger partial charge on any atom is -0.353 e. The van der Waals surface area contributed by atoms with Crippen molar-refractivity contribution in [2.45, 2.75) is 32.1 Å². The number of rotatable bonds is 3. The van der Waals surface area contributed by atoms with Crippen molar-refractivity contribution in [2.75, 3.05) is 49.1 Å². The Labute approximate surface area is 186 Å². The summed E-state index contributed by atoms with van der Waals surface area (Å²) in [5.41, 5.74) is 3.87. The molecule has 0 bridgehead atoms. The predicted octanol–water partition coefficient (Wildman–Crippen LogP) is 3.28. The quantitative estimate of drug-likeness (QED) is 0.635. The summed E-state index contributed by atoms with van der Waals surface area (Å²) in [5.74, 6) is 1.32. The molecule has 1 amide bonds. The predicted molar refractivity (Wildman–Crippen MR) is 125 cm³/mol. The highest BCUT2D eigenvalue weighted by Crippen LogP contribution is 2.39. The van der Waals surface area contributed by atoms with E-state index in [-0.39, 0.29) is 5.91 Å². The molecule has 6 rings (SSSR count). The summed E-state index contributed by atoms with van der Waals surface area (Å²) in [7, 11) is 0. The van der Waals surface area contributed by atoms with E-state index in [0.29, 0.717) is 6.54 Å². The summed E-state index contributed by atoms with van der Waals surface area (Å²) < 4.78 is 0. The van der Waals surface area contributed by atoms with Gasteiger partial charge < -0.3 is 9.80 Å². The Hall–Kier alpha value is -2.51. The fourth-order valence-corrected chi connectivity index (χ4v) is 6.53. The van der Waals surface area contributed by atoms with Gasteiger partial charge in [-0.15, -0.1) is 11.3 Å². The summed E-state index contributed by atoms with van der Waals surface area (Å²) in [5, 5.41) is 1.29. The van der Waals surface area contributed by atoms with Gasteiger partial charge in [0.25, 0.3) is 0 Å². The van der Waals surface area contributed by atoms with Crippen LogP contribution in [0.15, 0.2) is 30.6 Å². The molecule has 3 aromatic rings. The van der Waals surface area contributed by atoms with E-state index in [2.05, 4.69) is 33.0 Å². The van der Waals surface area contributed by atoms with Crippen LogP contribution in [0.5, 0.6) is 0 Å². The van der Waals surface area contributed by atoms with Crippen molar-refractivity contribution in [1.82, 2.24) is 14.9 Å². The molecule has 31 heavy (non-hydrogen) atoms. The maximum Gasteiger partial charge on any atom is 0.241 e. The number of carbonyl (C=O) groups excluding carboxylic acids is 1. The van der Waals surface area contributed by atoms with E-state index in [1.54, 1.807) is 6.33 Å². The third kappa shape index (κ3) is 3.40. The average molecular weight is 434 g/mol. The second-order valence-electron chi connectivity index (χ2n) is 8.78. The van der Waals surface area contributed by atoms with Gasteiger partial charge in [-0.2, -0.15) is 0 Å². The van der Waals surface area contributed by atoms with Crippen LogP contribution < -0.4 is 9.80 Å². The molecule has 160 valence electrons. The first-order valence-corrected chi connectivity index (χ1v) is 12.2. The normalized spacial score (nSPS) is 19.0. The van der Waals surface area contributed by atoms with Gasteiger partial charge in [0.1, 0.15) is 17.0 Å². The van der Waals surface area contributed by atoms with E-state index in [1.807, 2.05) is 22.3 Å². The van der Waals surface area contributed by atoms with E-state index in [9.17, 15) is 4.79 Å². The maximum atomic E-state index is 13.0. The van der Waals surface area contributed by atoms with Gasteiger partial charge in [-0.1, -0.05) is 18.2 Å². The number of para-hydroxylation sites is 1. The molecule has 2 aromatic heterocycles. The lowest BCUT2D eigenvalue weighted by molar-refractivity contribution is -0.119. The Morgan fingerprint density at radius 2 is 1.81 bits per heavy atom. The smallest absolute Gasteiger partial charge is 0.241 e. The van der Waals surface area contributed by atoms with E-state index in [4.69, 9.17) is 4.98 Å². The monoisotopic (exact) mass is 433 g/mol. The number of nitrogens with zero attached hydrogens (tertiary/aromatic N) is 5. The van der Waals surface area contributed by atoms with Gasteiger partial charge in [0.2, 0.25) is 5.91 Å². The van der Waals surface area contributed by atoms with Crippen LogP contribution in [0.3, 0.4) is 0 Å². The molecule has 0 saturated carbocycles. The van der Waals surface area contributed by atoms with Crippen molar-refractivity contribution in [1.29, 1.82) is 0 Å². The van der Waals surface area contributed by atoms with Gasteiger partial charge in [0.05, 0.1) is 11.9 Å². The van der Waals surface area contributed by atoms with Crippen molar-refractivity contribution in [2.24, 2.45) is 0 Å². The molecule has 1 aliphatic carbocycles. The van der Waals surface area contributed by atoms with Gasteiger partial charge >= 0.3 is 0 Å². The topological polar surface area (TPSA) is 52.6 Å². The standard InChI is InChI=1S/C24H27N5OS/c30-21(29-10-9-17-5-1-3-7-19(17)29)15-27-11-13-28(14-12-27)23-22-18-6-2-4-8-20(18)31-24(22)26-16-25-23/h1,3,5,7,16H,2,4,6,8-15H2. The van der Waals surface area contributed by atoms with Crippen LogP contribution in [0.25, 0.3) is 10.2 Å². The Kier molecular flexibility index (Phi) is 4.88. The Morgan fingerprint density at radius 3 is 2.71 bits per heavy atom. The first kappa shape index (κ1) is 19.2. The van der Waals surface area contributed by atoms with Crippen LogP contribution in [0.2, 0.25) is 0 Å². The lowest BCUT2D eigenvalue weighted by atomic mass is 9.97. The van der Waals surface area contributed by atoms with E-state index in [0.717, 1.165) is 61.9 Å². The lowest BCUT2D eigenvalue weighted by Crippen LogP contribution is -2.50. The SMILES string of the molecule is O=C(CN1CCN(c2ncnc3sc4c(c23)CCCC4)CC1)N1CCc2ccccc21. The van der Waals surface area contributed by atoms with E-state index >= 15 is 0 Å². The first-order chi connectivity index (χ1) is 15.3. The van der Waals surface area contributed by atoms with Gasteiger partial charge in [0.15, 0.2) is 0 Å². The van der Waals surface area contributed by atoms with E-state index < -0.39 is 0 Å². The number of anilines is 2. The van der Waals surface area contributed by atoms with Gasteiger partial charge in [-0.3, -0.25) is 9.69 Å². The average Bonchev–Trinajstić information content (AvgIpc) is 3.41. The molecule has 2 aliphatic heterocycles. The van der Waals surface area contributed by atoms with Crippen molar-refractivity contribution in [3.05, 3.63) is 46.6 Å². The second-order valence-corrected chi connectivity index (χ2v) is 9.86. The second kappa shape index (κ2) is 7.88. The number of hydrogen-bond acceptors (Lipinski definition) is 6. The molecular weight excluding hydrogens is 406 g/mol. The molecule has 0 atom stereocenters. The molecule has 4 heterocycles. The van der Waals surface area contributed by atoms with Crippen molar-refractivity contribution in [3.63, 3.8) is 0 Å². The van der Waals surface area contributed by atoms with Gasteiger partial charge in [0, 0.05) is 43.3 Å². The fraction of sp³-hybridized carbons (Fsp3) is 0.458. The summed E-state index contributed by atoms with van der Waals surface area (Å²) in [6, 6.07) is 8.28. The van der Waals surface area contributed by atoms with Crippen molar-refractivity contribution < 1.29 is 4.79 Å². The van der Waals surface area contributed by atoms with Crippen LogP contribution in [-0.4, -0.2) is 60.0 Å². The van der Waals surface area contributed by atoms with Crippen molar-refractivity contribution in [3.8, 4) is 0 Å². The number of piperazine rings is 1. The minimum atomic E-state index is 0.217. The first-order valence-electron chi connectivity index (χ1n) is 11.4. The molecule has 0 unspecified atom stereocenters. The third-order valence-corrected chi connectivity index (χ3v) is 8.15. The van der Waals surface area contributed by atoms with Crippen LogP contribution in [0.1, 0.15) is 28.8 Å². The minimum absolute atomic E-state index is 0.217. The largest absolute Gasteiger partial charge is 0.353 e. The van der Waals surface area contributed by atoms with Gasteiger partial charge in [-0.25, -0.2) is 9.97 Å². The summed E-state index contributed by atoms with van der Waals surface area (Å²) in [6.07, 6.45) is 7.58. The Balaban J connectivity index is 1.15. The zero-order chi connectivity index (χ0) is 20.8. The number of hydrogen-bond donors (Lipinski definition) is 0. The highest BCUT2D eigenvalue weighted by molar-refractivity contribution is 7.19. The summed E-state index contributed by atoms with van der Waals surface area (Å²) in [6.45, 7) is 4.88. The Morgan fingerprint density at radius 1 is 0.968 bits per heavy atom. The molecular formula is C24H27N5OS. The zero-order valence-corrected chi connectivity index (χ0v) is 18.5. The maximum absolute atomic E-state index is 13.0. The summed E-state index contributed by atoms with van der Waals surface area (Å²) >= 11 is 1.86. The van der Waals surface area contributed by atoms with E-state index in [1.165, 1.54) is 40.7 Å². The number of carbonyl (C=O) groups is 1. The Bertz CT molecular complexity index is 1130. The molecule has 6 nitrogen and oxygen atoms in total. The lowest BCUT2D eigenvalue weighted by Gasteiger charge is -2.36. The van der Waals surface area contributed by atoms with Crippen LogP contribution in [0.4, 0.5) is 11.5 Å². The van der Waals surface area contributed by atoms with Crippen LogP contribution >= 0.6 is 11.3 Å². The van der Waals surface area contributed by atoms with Crippen molar-refractivity contribution >= 4 is 39.0 Å². The highest BCUT2D eigenvalue weighted by Gasteiger charge is 2.28. The molecule has 1 fully saturated rings. The molecule has 0 radical (unpaired) electrons. The zero-order valence-electron chi connectivity index (χ0n) is 17.7. The summed E-state index contributed by atoms with van der Waals surface area (Å²) in [4.78, 5) is 31.6. The molecule has 1 saturated heterocycles. The molecule has 1 aromatic carbocycles. The number of aryl methyl sites for hydroxylation is 2. The molecule has 0 N–H and O–H groups in total. The van der Waals surface area contributed by atoms with Crippen LogP contribution in [-0.2, 0) is 24.1 Å². The number of thiophene rings is 1. The number of benzene rings is 1. The van der Waals surface area contributed by atoms with Gasteiger partial charge in [-0.05, 0) is 49.3 Å². The van der Waals surface area contributed by atoms with Crippen LogP contribution in [0, 0.1) is 0 Å². The third-order valence-electron chi connectivity index (χ3n) is 6.95.